The molecule has 6 nitrogen and oxygen atoms in total. The second-order valence-electron chi connectivity index (χ2n) is 3.11. The highest BCUT2D eigenvalue weighted by Crippen LogP contribution is 2.50. The second-order valence-corrected chi connectivity index (χ2v) is 4.73. The van der Waals surface area contributed by atoms with Crippen LogP contribution >= 0.6 is 7.82 Å². The summed E-state index contributed by atoms with van der Waals surface area (Å²) in [5, 5.41) is 0. The number of phosphoric acid groups is 1. The molecular weight excluding hydrogens is 259 g/mol. The summed E-state index contributed by atoms with van der Waals surface area (Å²) >= 11 is 0. The molecule has 0 rings (SSSR count). The summed E-state index contributed by atoms with van der Waals surface area (Å²) in [7, 11) is -1.98. The molecule has 0 saturated carbocycles. The van der Waals surface area contributed by atoms with E-state index >= 15 is 0 Å². The number of phosphoric ester groups is 1. The molecule has 0 spiro atoms. The predicted octanol–water partition coefficient (Wildman–Crippen LogP) is 2.20. The molecule has 0 heterocycles. The zero-order valence-corrected chi connectivity index (χ0v) is 12.2. The van der Waals surface area contributed by atoms with Crippen molar-refractivity contribution >= 4 is 7.82 Å². The maximum Gasteiger partial charge on any atom is 0.475 e. The summed E-state index contributed by atoms with van der Waals surface area (Å²) in [5.74, 6) is 5.45. The van der Waals surface area contributed by atoms with E-state index in [1.54, 1.807) is 20.8 Å². The standard InChI is InChI=1S/C11H21O6P/c1-5-15-18(12,16-6-2)17-11(3)8-7-9-14-10-13-4/h11H,5-6,9-10H2,1-4H3/t11-/m1/s1. The Morgan fingerprint density at radius 3 is 2.33 bits per heavy atom. The first kappa shape index (κ1) is 17.6. The van der Waals surface area contributed by atoms with Gasteiger partial charge in [-0.3, -0.25) is 13.6 Å². The molecule has 0 fully saturated rings. The van der Waals surface area contributed by atoms with Gasteiger partial charge in [-0.15, -0.1) is 0 Å². The van der Waals surface area contributed by atoms with Crippen LogP contribution in [0, 0.1) is 11.8 Å². The molecule has 0 aromatic carbocycles. The van der Waals surface area contributed by atoms with E-state index in [1.807, 2.05) is 0 Å². The van der Waals surface area contributed by atoms with Gasteiger partial charge in [-0.2, -0.15) is 0 Å². The Kier molecular flexibility index (Phi) is 10.3. The lowest BCUT2D eigenvalue weighted by molar-refractivity contribution is -0.0167. The minimum Gasteiger partial charge on any atom is -0.359 e. The van der Waals surface area contributed by atoms with Crippen LogP contribution in [0.15, 0.2) is 0 Å². The third-order valence-electron chi connectivity index (χ3n) is 1.54. The molecule has 0 aliphatic carbocycles. The van der Waals surface area contributed by atoms with E-state index in [2.05, 4.69) is 16.6 Å². The Hall–Kier alpha value is -0.410. The second kappa shape index (κ2) is 10.5. The molecule has 106 valence electrons. The van der Waals surface area contributed by atoms with Crippen molar-refractivity contribution < 1.29 is 27.6 Å². The topological polar surface area (TPSA) is 63.2 Å². The van der Waals surface area contributed by atoms with Crippen molar-refractivity contribution in [2.45, 2.75) is 26.9 Å². The Labute approximate surface area is 109 Å². The lowest BCUT2D eigenvalue weighted by Gasteiger charge is -2.17. The van der Waals surface area contributed by atoms with Crippen molar-refractivity contribution in [3.8, 4) is 11.8 Å². The average Bonchev–Trinajstić information content (AvgIpc) is 2.29. The molecule has 0 N–H and O–H groups in total. The van der Waals surface area contributed by atoms with E-state index in [1.165, 1.54) is 7.11 Å². The van der Waals surface area contributed by atoms with Gasteiger partial charge in [-0.05, 0) is 20.8 Å². The summed E-state index contributed by atoms with van der Waals surface area (Å²) in [6.07, 6.45) is -0.569. The first-order valence-electron chi connectivity index (χ1n) is 5.70. The van der Waals surface area contributed by atoms with Crippen LogP contribution in [0.25, 0.3) is 0 Å². The molecule has 0 aromatic heterocycles. The molecule has 0 aromatic rings. The molecule has 0 aliphatic heterocycles. The van der Waals surface area contributed by atoms with Gasteiger partial charge in [0.2, 0.25) is 0 Å². The van der Waals surface area contributed by atoms with Gasteiger partial charge in [0.1, 0.15) is 19.5 Å². The Morgan fingerprint density at radius 2 is 1.83 bits per heavy atom. The van der Waals surface area contributed by atoms with Crippen LogP contribution in [-0.2, 0) is 27.6 Å². The number of ether oxygens (including phenoxy) is 2. The molecule has 0 aliphatic rings. The number of rotatable bonds is 9. The fourth-order valence-electron chi connectivity index (χ4n) is 0.996. The third kappa shape index (κ3) is 8.65. The number of hydrogen-bond acceptors (Lipinski definition) is 6. The van der Waals surface area contributed by atoms with Crippen LogP contribution in [-0.4, -0.2) is 39.8 Å². The van der Waals surface area contributed by atoms with Gasteiger partial charge in [-0.25, -0.2) is 4.57 Å². The van der Waals surface area contributed by atoms with Crippen molar-refractivity contribution in [1.82, 2.24) is 0 Å². The van der Waals surface area contributed by atoms with Crippen LogP contribution in [0.5, 0.6) is 0 Å². The largest absolute Gasteiger partial charge is 0.475 e. The fraction of sp³-hybridized carbons (Fsp3) is 0.818. The normalized spacial score (nSPS) is 12.9. The summed E-state index contributed by atoms with van der Waals surface area (Å²) in [6.45, 7) is 5.97. The van der Waals surface area contributed by atoms with E-state index in [0.717, 1.165) is 0 Å². The molecule has 0 radical (unpaired) electrons. The molecule has 0 amide bonds. The van der Waals surface area contributed by atoms with Crippen molar-refractivity contribution in [3.63, 3.8) is 0 Å². The van der Waals surface area contributed by atoms with Gasteiger partial charge in [0.05, 0.1) is 13.2 Å². The smallest absolute Gasteiger partial charge is 0.359 e. The number of hydrogen-bond donors (Lipinski definition) is 0. The molecule has 7 heteroatoms. The SMILES string of the molecule is CCOP(=O)(OCC)O[C@H](C)C#CCOCOC. The monoisotopic (exact) mass is 280 g/mol. The highest BCUT2D eigenvalue weighted by molar-refractivity contribution is 7.48. The van der Waals surface area contributed by atoms with Gasteiger partial charge in [0.25, 0.3) is 0 Å². The van der Waals surface area contributed by atoms with E-state index < -0.39 is 13.9 Å². The molecule has 1 atom stereocenters. The average molecular weight is 280 g/mol. The fourth-order valence-corrected chi connectivity index (χ4v) is 2.26. The summed E-state index contributed by atoms with van der Waals surface area (Å²) in [5.41, 5.74) is 0. The Morgan fingerprint density at radius 1 is 1.22 bits per heavy atom. The van der Waals surface area contributed by atoms with Gasteiger partial charge in [0.15, 0.2) is 0 Å². The zero-order chi connectivity index (χ0) is 13.9. The third-order valence-corrected chi connectivity index (χ3v) is 3.27. The Balaban J connectivity index is 4.16. The highest BCUT2D eigenvalue weighted by Gasteiger charge is 2.27. The first-order chi connectivity index (χ1) is 8.58. The van der Waals surface area contributed by atoms with Crippen molar-refractivity contribution in [1.29, 1.82) is 0 Å². The van der Waals surface area contributed by atoms with Crippen molar-refractivity contribution in [3.05, 3.63) is 0 Å². The molecule has 0 unspecified atom stereocenters. The van der Waals surface area contributed by atoms with Crippen molar-refractivity contribution in [2.24, 2.45) is 0 Å². The van der Waals surface area contributed by atoms with Crippen LogP contribution in [0.4, 0.5) is 0 Å². The predicted molar refractivity (Wildman–Crippen MR) is 67.0 cm³/mol. The van der Waals surface area contributed by atoms with E-state index in [4.69, 9.17) is 18.3 Å². The lowest BCUT2D eigenvalue weighted by atomic mass is 10.4. The summed E-state index contributed by atoms with van der Waals surface area (Å²) in [6, 6.07) is 0. The first-order valence-corrected chi connectivity index (χ1v) is 7.16. The van der Waals surface area contributed by atoms with Gasteiger partial charge < -0.3 is 9.47 Å². The van der Waals surface area contributed by atoms with Crippen LogP contribution in [0.3, 0.4) is 0 Å². The number of methoxy groups -OCH3 is 1. The van der Waals surface area contributed by atoms with Gasteiger partial charge in [-0.1, -0.05) is 11.8 Å². The van der Waals surface area contributed by atoms with Crippen LogP contribution in [0.2, 0.25) is 0 Å². The summed E-state index contributed by atoms with van der Waals surface area (Å²) < 4.78 is 36.8. The Bertz CT molecular complexity index is 298. The van der Waals surface area contributed by atoms with E-state index in [9.17, 15) is 4.57 Å². The minimum absolute atomic E-state index is 0.181. The van der Waals surface area contributed by atoms with Gasteiger partial charge in [0, 0.05) is 7.11 Å². The van der Waals surface area contributed by atoms with Crippen LogP contribution < -0.4 is 0 Å². The highest BCUT2D eigenvalue weighted by atomic mass is 31.2. The van der Waals surface area contributed by atoms with E-state index in [-0.39, 0.29) is 26.6 Å². The lowest BCUT2D eigenvalue weighted by Crippen LogP contribution is -2.08. The summed E-state index contributed by atoms with van der Waals surface area (Å²) in [4.78, 5) is 0. The van der Waals surface area contributed by atoms with Gasteiger partial charge >= 0.3 is 7.82 Å². The van der Waals surface area contributed by atoms with Crippen molar-refractivity contribution in [2.75, 3.05) is 33.7 Å². The zero-order valence-electron chi connectivity index (χ0n) is 11.3. The maximum absolute atomic E-state index is 12.0. The minimum atomic E-state index is -3.50. The van der Waals surface area contributed by atoms with E-state index in [0.29, 0.717) is 0 Å². The molecule has 0 bridgehead atoms. The quantitative estimate of drug-likeness (QED) is 0.279. The maximum atomic E-state index is 12.0. The molecule has 0 saturated heterocycles. The molecular formula is C11H21O6P. The molecule has 18 heavy (non-hydrogen) atoms. The van der Waals surface area contributed by atoms with Crippen LogP contribution in [0.1, 0.15) is 20.8 Å².